The molecule has 3 unspecified atom stereocenters. The summed E-state index contributed by atoms with van der Waals surface area (Å²) in [6.45, 7) is 1.17. The van der Waals surface area contributed by atoms with E-state index < -0.39 is 5.60 Å². The minimum Gasteiger partial charge on any atom is -0.390 e. The highest BCUT2D eigenvalue weighted by Gasteiger charge is 2.57. The maximum atomic E-state index is 12.5. The number of aliphatic hydroxyl groups is 1. The van der Waals surface area contributed by atoms with Gasteiger partial charge in [-0.15, -0.1) is 0 Å². The monoisotopic (exact) mass is 303 g/mol. The molecule has 1 heterocycles. The van der Waals surface area contributed by atoms with Gasteiger partial charge in [-0.05, 0) is 63.2 Å². The zero-order valence-electron chi connectivity index (χ0n) is 13.1. The van der Waals surface area contributed by atoms with Gasteiger partial charge in [0.05, 0.1) is 24.3 Å². The SMILES string of the molecule is N#CC1CCCN1CC(=O)NC12CC3CC(CC(O)(C3)C1)C2. The molecular formula is C17H25N3O2. The fraction of sp³-hybridized carbons (Fsp3) is 0.882. The van der Waals surface area contributed by atoms with Gasteiger partial charge in [-0.1, -0.05) is 0 Å². The van der Waals surface area contributed by atoms with Crippen molar-refractivity contribution in [2.24, 2.45) is 11.8 Å². The van der Waals surface area contributed by atoms with E-state index in [1.165, 1.54) is 6.42 Å². The van der Waals surface area contributed by atoms with Gasteiger partial charge in [0.1, 0.15) is 0 Å². The molecule has 5 fully saturated rings. The van der Waals surface area contributed by atoms with Crippen molar-refractivity contribution < 1.29 is 9.90 Å². The van der Waals surface area contributed by atoms with Gasteiger partial charge in [0.25, 0.3) is 0 Å². The van der Waals surface area contributed by atoms with E-state index in [2.05, 4.69) is 11.4 Å². The van der Waals surface area contributed by atoms with Crippen LogP contribution in [0.15, 0.2) is 0 Å². The van der Waals surface area contributed by atoms with E-state index in [9.17, 15) is 9.90 Å². The molecule has 5 heteroatoms. The minimum atomic E-state index is -0.541. The summed E-state index contributed by atoms with van der Waals surface area (Å²) < 4.78 is 0. The number of rotatable bonds is 3. The molecule has 0 spiro atoms. The van der Waals surface area contributed by atoms with E-state index in [-0.39, 0.29) is 17.5 Å². The van der Waals surface area contributed by atoms with Gasteiger partial charge < -0.3 is 10.4 Å². The van der Waals surface area contributed by atoms with E-state index in [1.807, 2.05) is 4.90 Å². The summed E-state index contributed by atoms with van der Waals surface area (Å²) >= 11 is 0. The lowest BCUT2D eigenvalue weighted by Gasteiger charge is -2.60. The zero-order chi connectivity index (χ0) is 15.4. The summed E-state index contributed by atoms with van der Waals surface area (Å²) in [5, 5.41) is 23.1. The normalized spacial score (nSPS) is 46.6. The third-order valence-corrected chi connectivity index (χ3v) is 6.29. The fourth-order valence-electron chi connectivity index (χ4n) is 6.04. The molecule has 4 saturated carbocycles. The Morgan fingerprint density at radius 3 is 2.68 bits per heavy atom. The van der Waals surface area contributed by atoms with Crippen molar-refractivity contribution >= 4 is 5.91 Å². The van der Waals surface area contributed by atoms with Gasteiger partial charge in [0, 0.05) is 12.1 Å². The Kier molecular flexibility index (Phi) is 3.25. The maximum Gasteiger partial charge on any atom is 0.234 e. The lowest BCUT2D eigenvalue weighted by atomic mass is 9.51. The van der Waals surface area contributed by atoms with Crippen molar-refractivity contribution in [3.05, 3.63) is 0 Å². The van der Waals surface area contributed by atoms with Crippen molar-refractivity contribution in [2.75, 3.05) is 13.1 Å². The van der Waals surface area contributed by atoms with Crippen molar-refractivity contribution in [3.8, 4) is 6.07 Å². The van der Waals surface area contributed by atoms with Crippen LogP contribution >= 0.6 is 0 Å². The maximum absolute atomic E-state index is 12.5. The highest BCUT2D eigenvalue weighted by molar-refractivity contribution is 5.79. The number of amides is 1. The first-order valence-electron chi connectivity index (χ1n) is 8.66. The molecule has 4 bridgehead atoms. The van der Waals surface area contributed by atoms with Crippen LogP contribution in [-0.4, -0.2) is 46.2 Å². The lowest BCUT2D eigenvalue weighted by Crippen LogP contribution is -2.66. The zero-order valence-corrected chi connectivity index (χ0v) is 13.1. The van der Waals surface area contributed by atoms with E-state index in [0.717, 1.165) is 51.5 Å². The Morgan fingerprint density at radius 1 is 1.32 bits per heavy atom. The van der Waals surface area contributed by atoms with Gasteiger partial charge in [-0.3, -0.25) is 9.69 Å². The molecule has 3 atom stereocenters. The third kappa shape index (κ3) is 2.43. The number of hydrogen-bond donors (Lipinski definition) is 2. The van der Waals surface area contributed by atoms with E-state index in [0.29, 0.717) is 18.4 Å². The molecular weight excluding hydrogens is 278 g/mol. The predicted octanol–water partition coefficient (Wildman–Crippen LogP) is 1.17. The van der Waals surface area contributed by atoms with Crippen LogP contribution in [0.25, 0.3) is 0 Å². The minimum absolute atomic E-state index is 0.0349. The largest absolute Gasteiger partial charge is 0.390 e. The van der Waals surface area contributed by atoms with Crippen LogP contribution in [-0.2, 0) is 4.79 Å². The van der Waals surface area contributed by atoms with Gasteiger partial charge in [-0.25, -0.2) is 0 Å². The average Bonchev–Trinajstić information content (AvgIpc) is 2.81. The molecule has 120 valence electrons. The first-order chi connectivity index (χ1) is 10.5. The molecule has 0 radical (unpaired) electrons. The first kappa shape index (κ1) is 14.5. The molecule has 4 aliphatic carbocycles. The second-order valence-electron chi connectivity index (χ2n) is 8.27. The van der Waals surface area contributed by atoms with Gasteiger partial charge in [-0.2, -0.15) is 5.26 Å². The van der Waals surface area contributed by atoms with Gasteiger partial charge in [0.15, 0.2) is 0 Å². The highest BCUT2D eigenvalue weighted by Crippen LogP contribution is 2.57. The van der Waals surface area contributed by atoms with Crippen molar-refractivity contribution in [1.29, 1.82) is 5.26 Å². The molecule has 5 nitrogen and oxygen atoms in total. The van der Waals surface area contributed by atoms with Crippen molar-refractivity contribution in [2.45, 2.75) is 68.5 Å². The molecule has 1 saturated heterocycles. The molecule has 22 heavy (non-hydrogen) atoms. The Labute approximate surface area is 131 Å². The highest BCUT2D eigenvalue weighted by atomic mass is 16.3. The summed E-state index contributed by atoms with van der Waals surface area (Å²) in [6.07, 6.45) is 7.72. The third-order valence-electron chi connectivity index (χ3n) is 6.29. The number of likely N-dealkylation sites (tertiary alicyclic amines) is 1. The van der Waals surface area contributed by atoms with Crippen LogP contribution in [0, 0.1) is 23.2 Å². The lowest BCUT2D eigenvalue weighted by molar-refractivity contribution is -0.151. The smallest absolute Gasteiger partial charge is 0.234 e. The van der Waals surface area contributed by atoms with Gasteiger partial charge >= 0.3 is 0 Å². The quantitative estimate of drug-likeness (QED) is 0.821. The molecule has 0 aromatic heterocycles. The van der Waals surface area contributed by atoms with Crippen molar-refractivity contribution in [1.82, 2.24) is 10.2 Å². The van der Waals surface area contributed by atoms with Gasteiger partial charge in [0.2, 0.25) is 5.91 Å². The second-order valence-corrected chi connectivity index (χ2v) is 8.27. The number of carbonyl (C=O) groups is 1. The number of carbonyl (C=O) groups excluding carboxylic acids is 1. The summed E-state index contributed by atoms with van der Waals surface area (Å²) in [6, 6.07) is 2.19. The average molecular weight is 303 g/mol. The van der Waals surface area contributed by atoms with E-state index >= 15 is 0 Å². The Hall–Kier alpha value is -1.12. The van der Waals surface area contributed by atoms with Crippen molar-refractivity contribution in [3.63, 3.8) is 0 Å². The summed E-state index contributed by atoms with van der Waals surface area (Å²) in [7, 11) is 0. The number of nitrogens with one attached hydrogen (secondary N) is 1. The van der Waals surface area contributed by atoms with Crippen LogP contribution < -0.4 is 5.32 Å². The first-order valence-corrected chi connectivity index (χ1v) is 8.66. The van der Waals surface area contributed by atoms with Crippen LogP contribution in [0.4, 0.5) is 0 Å². The summed E-state index contributed by atoms with van der Waals surface area (Å²) in [4.78, 5) is 14.5. The molecule has 1 amide bonds. The van der Waals surface area contributed by atoms with Crippen LogP contribution in [0.5, 0.6) is 0 Å². The standard InChI is InChI=1S/C17H25N3O2/c18-9-14-2-1-3-20(14)10-15(21)19-16-5-12-4-13(6-16)8-17(22,7-12)11-16/h12-14,22H,1-8,10-11H2,(H,19,21). The number of nitrogens with zero attached hydrogens (tertiary/aromatic N) is 2. The fourth-order valence-corrected chi connectivity index (χ4v) is 6.04. The molecule has 5 rings (SSSR count). The molecule has 5 aliphatic rings. The van der Waals surface area contributed by atoms with Crippen LogP contribution in [0.1, 0.15) is 51.4 Å². The molecule has 1 aliphatic heterocycles. The second kappa shape index (κ2) is 4.94. The van der Waals surface area contributed by atoms with Crippen LogP contribution in [0.2, 0.25) is 0 Å². The van der Waals surface area contributed by atoms with Crippen LogP contribution in [0.3, 0.4) is 0 Å². The molecule has 0 aromatic carbocycles. The summed E-state index contributed by atoms with van der Waals surface area (Å²) in [5.74, 6) is 1.18. The number of hydrogen-bond acceptors (Lipinski definition) is 4. The number of nitriles is 1. The van der Waals surface area contributed by atoms with E-state index in [1.54, 1.807) is 0 Å². The molecule has 0 aromatic rings. The summed E-state index contributed by atoms with van der Waals surface area (Å²) in [5.41, 5.74) is -0.724. The Bertz CT molecular complexity index is 512. The molecule has 2 N–H and O–H groups in total. The predicted molar refractivity (Wildman–Crippen MR) is 80.7 cm³/mol. The topological polar surface area (TPSA) is 76.4 Å². The Morgan fingerprint density at radius 2 is 2.05 bits per heavy atom. The van der Waals surface area contributed by atoms with E-state index in [4.69, 9.17) is 5.26 Å². The Balaban J connectivity index is 1.43.